The summed E-state index contributed by atoms with van der Waals surface area (Å²) in [4.78, 5) is 24.8. The largest absolute Gasteiger partial charge is 0.360 e. The monoisotopic (exact) mass is 473 g/mol. The van der Waals surface area contributed by atoms with Crippen LogP contribution in [0.1, 0.15) is 44.9 Å². The van der Waals surface area contributed by atoms with Gasteiger partial charge in [-0.1, -0.05) is 29.8 Å². The first-order chi connectivity index (χ1) is 15.9. The number of H-pyrrole nitrogens is 1. The van der Waals surface area contributed by atoms with Gasteiger partial charge in [0, 0.05) is 53.5 Å². The summed E-state index contributed by atoms with van der Waals surface area (Å²) in [6.07, 6.45) is 6.57. The van der Waals surface area contributed by atoms with E-state index in [0.717, 1.165) is 35.7 Å². The van der Waals surface area contributed by atoms with Crippen LogP contribution in [-0.2, 0) is 4.79 Å². The number of nitrogens with one attached hydrogen (secondary N) is 3. The molecule has 1 amide bonds. The van der Waals surface area contributed by atoms with Crippen LogP contribution in [0.2, 0.25) is 5.02 Å². The van der Waals surface area contributed by atoms with Crippen molar-refractivity contribution in [1.82, 2.24) is 20.3 Å². The molecule has 3 N–H and O–H groups in total. The molecule has 2 fully saturated rings. The van der Waals surface area contributed by atoms with Crippen molar-refractivity contribution in [3.63, 3.8) is 0 Å². The number of carbonyl (C=O) groups is 1. The lowest BCUT2D eigenvalue weighted by molar-refractivity contribution is -0.126. The molecule has 0 spiro atoms. The Morgan fingerprint density at radius 3 is 2.82 bits per heavy atom. The lowest BCUT2D eigenvalue weighted by Gasteiger charge is -2.31. The Labute approximate surface area is 195 Å². The first kappa shape index (κ1) is 22.1. The van der Waals surface area contributed by atoms with Crippen LogP contribution in [0.5, 0.6) is 0 Å². The van der Waals surface area contributed by atoms with Crippen LogP contribution in [0, 0.1) is 5.92 Å². The third kappa shape index (κ3) is 4.81. The maximum Gasteiger partial charge on any atom is 0.248 e. The second-order valence-corrected chi connectivity index (χ2v) is 9.55. The number of amides is 1. The molecule has 33 heavy (non-hydrogen) atoms. The average Bonchev–Trinajstić information content (AvgIpc) is 3.38. The molecule has 2 saturated carbocycles. The van der Waals surface area contributed by atoms with Crippen molar-refractivity contribution in [3.8, 4) is 11.3 Å². The number of hydrogen-bond acceptors (Lipinski definition) is 4. The number of alkyl halides is 2. The molecule has 2 aromatic heterocycles. The minimum atomic E-state index is -2.72. The summed E-state index contributed by atoms with van der Waals surface area (Å²) in [7, 11) is 0. The smallest absolute Gasteiger partial charge is 0.248 e. The summed E-state index contributed by atoms with van der Waals surface area (Å²) in [6, 6.07) is 7.98. The number of nitrogens with zero attached hydrogens (tertiary/aromatic N) is 2. The van der Waals surface area contributed by atoms with E-state index in [4.69, 9.17) is 11.6 Å². The highest BCUT2D eigenvalue weighted by Gasteiger charge is 2.43. The van der Waals surface area contributed by atoms with Crippen molar-refractivity contribution in [2.75, 3.05) is 5.32 Å². The van der Waals surface area contributed by atoms with E-state index in [-0.39, 0.29) is 37.3 Å². The number of halogens is 3. The van der Waals surface area contributed by atoms with Gasteiger partial charge in [-0.05, 0) is 38.2 Å². The Morgan fingerprint density at radius 2 is 2.00 bits per heavy atom. The normalized spacial score (nSPS) is 24.6. The summed E-state index contributed by atoms with van der Waals surface area (Å²) in [5.41, 5.74) is 2.56. The topological polar surface area (TPSA) is 82.7 Å². The van der Waals surface area contributed by atoms with E-state index in [2.05, 4.69) is 25.6 Å². The zero-order valence-electron chi connectivity index (χ0n) is 18.1. The molecular weight excluding hydrogens is 448 g/mol. The van der Waals surface area contributed by atoms with E-state index in [0.29, 0.717) is 23.1 Å². The maximum atomic E-state index is 13.5. The summed E-state index contributed by atoms with van der Waals surface area (Å²) >= 11 is 6.43. The summed E-state index contributed by atoms with van der Waals surface area (Å²) in [5.74, 6) is -3.08. The number of aromatic nitrogens is 3. The van der Waals surface area contributed by atoms with Gasteiger partial charge in [-0.2, -0.15) is 0 Å². The number of carbonyl (C=O) groups excluding carboxylic acids is 1. The van der Waals surface area contributed by atoms with E-state index in [1.807, 2.05) is 30.5 Å². The first-order valence-corrected chi connectivity index (χ1v) is 11.8. The second kappa shape index (κ2) is 8.89. The van der Waals surface area contributed by atoms with Crippen molar-refractivity contribution in [2.45, 2.75) is 63.0 Å². The molecule has 5 rings (SSSR count). The predicted molar refractivity (Wildman–Crippen MR) is 124 cm³/mol. The Bertz CT molecular complexity index is 1170. The average molecular weight is 474 g/mol. The van der Waals surface area contributed by atoms with Crippen LogP contribution in [0.25, 0.3) is 22.2 Å². The molecule has 3 atom stereocenters. The van der Waals surface area contributed by atoms with Gasteiger partial charge in [0.25, 0.3) is 0 Å². The quantitative estimate of drug-likeness (QED) is 0.453. The van der Waals surface area contributed by atoms with Crippen molar-refractivity contribution >= 4 is 34.4 Å². The summed E-state index contributed by atoms with van der Waals surface area (Å²) in [5, 5.41) is 7.88. The van der Waals surface area contributed by atoms with E-state index in [9.17, 15) is 13.6 Å². The number of fused-ring (bicyclic) bond motifs is 1. The minimum absolute atomic E-state index is 0.0432. The number of benzene rings is 1. The molecule has 0 bridgehead atoms. The molecule has 9 heteroatoms. The molecule has 174 valence electrons. The van der Waals surface area contributed by atoms with E-state index < -0.39 is 11.8 Å². The van der Waals surface area contributed by atoms with Gasteiger partial charge in [-0.25, -0.2) is 18.7 Å². The van der Waals surface area contributed by atoms with E-state index >= 15 is 0 Å². The fourth-order valence-corrected chi connectivity index (χ4v) is 5.21. The highest BCUT2D eigenvalue weighted by atomic mass is 35.5. The van der Waals surface area contributed by atoms with E-state index in [1.54, 1.807) is 6.20 Å². The van der Waals surface area contributed by atoms with Crippen LogP contribution in [0.4, 0.5) is 14.7 Å². The van der Waals surface area contributed by atoms with Crippen LogP contribution in [0.15, 0.2) is 36.7 Å². The molecule has 0 radical (unpaired) electrons. The fourth-order valence-electron chi connectivity index (χ4n) is 5.02. The molecule has 1 aromatic carbocycles. The third-order valence-electron chi connectivity index (χ3n) is 6.72. The van der Waals surface area contributed by atoms with Gasteiger partial charge in [0.15, 0.2) is 0 Å². The van der Waals surface area contributed by atoms with Gasteiger partial charge in [0.05, 0.1) is 16.9 Å². The summed E-state index contributed by atoms with van der Waals surface area (Å²) in [6.45, 7) is 0. The molecule has 2 aliphatic carbocycles. The number of rotatable bonds is 5. The Morgan fingerprint density at radius 1 is 1.18 bits per heavy atom. The molecule has 0 unspecified atom stereocenters. The number of para-hydroxylation sites is 1. The Balaban J connectivity index is 1.26. The molecule has 0 aliphatic heterocycles. The van der Waals surface area contributed by atoms with Gasteiger partial charge < -0.3 is 15.6 Å². The first-order valence-electron chi connectivity index (χ1n) is 11.4. The van der Waals surface area contributed by atoms with Crippen molar-refractivity contribution in [2.24, 2.45) is 5.92 Å². The van der Waals surface area contributed by atoms with Crippen molar-refractivity contribution in [3.05, 3.63) is 41.7 Å². The lowest BCUT2D eigenvalue weighted by Crippen LogP contribution is -2.44. The predicted octanol–water partition coefficient (Wildman–Crippen LogP) is 5.55. The molecule has 2 heterocycles. The highest BCUT2D eigenvalue weighted by molar-refractivity contribution is 6.33. The fraction of sp³-hybridized carbons (Fsp3) is 0.458. The SMILES string of the molecule is O=C(N[C@H]1CCC[C@@H](Nc2ncc(Cl)c(-c3c[nH]c4ccccc34)n2)C1)[C@H]1CCC(F)(F)C1. The van der Waals surface area contributed by atoms with Gasteiger partial charge in [-0.15, -0.1) is 0 Å². The Kier molecular flexibility index (Phi) is 5.95. The van der Waals surface area contributed by atoms with Crippen molar-refractivity contribution < 1.29 is 13.6 Å². The zero-order valence-corrected chi connectivity index (χ0v) is 18.8. The number of anilines is 1. The minimum Gasteiger partial charge on any atom is -0.360 e. The second-order valence-electron chi connectivity index (χ2n) is 9.15. The number of aromatic amines is 1. The van der Waals surface area contributed by atoms with Gasteiger partial charge >= 0.3 is 0 Å². The molecular formula is C24H26ClF2N5O. The van der Waals surface area contributed by atoms with Crippen LogP contribution < -0.4 is 10.6 Å². The van der Waals surface area contributed by atoms with Crippen LogP contribution >= 0.6 is 11.6 Å². The lowest BCUT2D eigenvalue weighted by atomic mass is 9.90. The van der Waals surface area contributed by atoms with Crippen LogP contribution in [0.3, 0.4) is 0 Å². The zero-order chi connectivity index (χ0) is 23.0. The Hall–Kier alpha value is -2.74. The van der Waals surface area contributed by atoms with Gasteiger partial charge in [-0.3, -0.25) is 4.79 Å². The molecule has 2 aliphatic rings. The molecule has 6 nitrogen and oxygen atoms in total. The molecule has 0 saturated heterocycles. The summed E-state index contributed by atoms with van der Waals surface area (Å²) < 4.78 is 26.9. The van der Waals surface area contributed by atoms with Gasteiger partial charge in [0.2, 0.25) is 17.8 Å². The highest BCUT2D eigenvalue weighted by Crippen LogP contribution is 2.39. The maximum absolute atomic E-state index is 13.5. The third-order valence-corrected chi connectivity index (χ3v) is 6.99. The van der Waals surface area contributed by atoms with E-state index in [1.165, 1.54) is 0 Å². The van der Waals surface area contributed by atoms with Crippen molar-refractivity contribution in [1.29, 1.82) is 0 Å². The number of hydrogen-bond donors (Lipinski definition) is 3. The van der Waals surface area contributed by atoms with Gasteiger partial charge in [0.1, 0.15) is 0 Å². The molecule has 3 aromatic rings. The standard InChI is InChI=1S/C24H26ClF2N5O/c25-19-13-29-23(32-21(19)18-12-28-20-7-2-1-6-17(18)20)31-16-5-3-4-15(10-16)30-22(33)14-8-9-24(26,27)11-14/h1-2,6-7,12-16,28H,3-5,8-11H2,(H,30,33)(H,29,31,32)/t14-,15-,16+/m0/s1. The van der Waals surface area contributed by atoms with Crippen LogP contribution in [-0.4, -0.2) is 38.9 Å².